The molecule has 0 saturated carbocycles. The molecular formula is C11H11NO2S. The van der Waals surface area contributed by atoms with Gasteiger partial charge < -0.3 is 5.11 Å². The zero-order valence-corrected chi connectivity index (χ0v) is 9.17. The molecule has 0 bridgehead atoms. The van der Waals surface area contributed by atoms with E-state index in [1.165, 1.54) is 0 Å². The summed E-state index contributed by atoms with van der Waals surface area (Å²) in [6.45, 7) is 2.00. The van der Waals surface area contributed by atoms with Gasteiger partial charge in [0.15, 0.2) is 0 Å². The third kappa shape index (κ3) is 3.30. The standard InChI is InChI=1S/C11H11NO2S/c1-2-15-10-5-8(6-11(13)14)3-4-9(10)7-12/h3-5H,2,6H2,1H3,(H,13,14). The number of benzene rings is 1. The van der Waals surface area contributed by atoms with Gasteiger partial charge in [-0.15, -0.1) is 11.8 Å². The molecule has 1 N–H and O–H groups in total. The molecule has 1 rings (SSSR count). The van der Waals surface area contributed by atoms with Crippen LogP contribution in [0.3, 0.4) is 0 Å². The molecule has 0 saturated heterocycles. The monoisotopic (exact) mass is 221 g/mol. The second kappa shape index (κ2) is 5.42. The number of carbonyl (C=O) groups is 1. The number of carboxylic acids is 1. The Bertz CT molecular complexity index is 410. The number of aliphatic carboxylic acids is 1. The zero-order valence-electron chi connectivity index (χ0n) is 8.36. The Hall–Kier alpha value is -1.47. The molecule has 0 aliphatic rings. The van der Waals surface area contributed by atoms with Gasteiger partial charge in [0.2, 0.25) is 0 Å². The van der Waals surface area contributed by atoms with E-state index in [0.29, 0.717) is 5.56 Å². The fourth-order valence-electron chi connectivity index (χ4n) is 1.22. The molecule has 3 nitrogen and oxygen atoms in total. The number of rotatable bonds is 4. The smallest absolute Gasteiger partial charge is 0.307 e. The first-order valence-corrected chi connectivity index (χ1v) is 5.53. The van der Waals surface area contributed by atoms with Crippen molar-refractivity contribution in [3.05, 3.63) is 29.3 Å². The number of carboxylic acid groups (broad SMARTS) is 1. The van der Waals surface area contributed by atoms with Crippen LogP contribution >= 0.6 is 11.8 Å². The lowest BCUT2D eigenvalue weighted by molar-refractivity contribution is -0.136. The van der Waals surface area contributed by atoms with Crippen LogP contribution in [0.25, 0.3) is 0 Å². The first-order valence-electron chi connectivity index (χ1n) is 4.55. The van der Waals surface area contributed by atoms with Crippen LogP contribution < -0.4 is 0 Å². The number of hydrogen-bond donors (Lipinski definition) is 1. The molecule has 0 aliphatic heterocycles. The van der Waals surface area contributed by atoms with Crippen LogP contribution in [-0.2, 0) is 11.2 Å². The van der Waals surface area contributed by atoms with Crippen molar-refractivity contribution in [2.45, 2.75) is 18.2 Å². The van der Waals surface area contributed by atoms with Gasteiger partial charge in [0, 0.05) is 4.90 Å². The van der Waals surface area contributed by atoms with Gasteiger partial charge in [-0.25, -0.2) is 0 Å². The van der Waals surface area contributed by atoms with E-state index < -0.39 is 5.97 Å². The van der Waals surface area contributed by atoms with Crippen molar-refractivity contribution in [2.24, 2.45) is 0 Å². The van der Waals surface area contributed by atoms with Gasteiger partial charge in [-0.1, -0.05) is 13.0 Å². The zero-order chi connectivity index (χ0) is 11.3. The topological polar surface area (TPSA) is 61.1 Å². The molecule has 0 aliphatic carbocycles. The minimum absolute atomic E-state index is 0.00296. The Morgan fingerprint density at radius 3 is 2.87 bits per heavy atom. The maximum atomic E-state index is 10.5. The lowest BCUT2D eigenvalue weighted by Crippen LogP contribution is -2.00. The van der Waals surface area contributed by atoms with Gasteiger partial charge in [0.25, 0.3) is 0 Å². The van der Waals surface area contributed by atoms with Crippen LogP contribution in [0, 0.1) is 11.3 Å². The van der Waals surface area contributed by atoms with E-state index >= 15 is 0 Å². The Kier molecular flexibility index (Phi) is 4.19. The molecule has 1 aromatic rings. The second-order valence-electron chi connectivity index (χ2n) is 2.95. The highest BCUT2D eigenvalue weighted by Crippen LogP contribution is 2.23. The van der Waals surface area contributed by atoms with Crippen LogP contribution in [0.15, 0.2) is 23.1 Å². The summed E-state index contributed by atoms with van der Waals surface area (Å²) in [5.41, 5.74) is 1.34. The van der Waals surface area contributed by atoms with Gasteiger partial charge in [-0.2, -0.15) is 5.26 Å². The van der Waals surface area contributed by atoms with Crippen LogP contribution in [-0.4, -0.2) is 16.8 Å². The van der Waals surface area contributed by atoms with Crippen LogP contribution in [0.2, 0.25) is 0 Å². The van der Waals surface area contributed by atoms with Crippen molar-refractivity contribution in [1.82, 2.24) is 0 Å². The average molecular weight is 221 g/mol. The molecule has 78 valence electrons. The van der Waals surface area contributed by atoms with Crippen LogP contribution in [0.1, 0.15) is 18.1 Å². The highest BCUT2D eigenvalue weighted by Gasteiger charge is 2.06. The van der Waals surface area contributed by atoms with Gasteiger partial charge in [0.05, 0.1) is 12.0 Å². The van der Waals surface area contributed by atoms with Crippen molar-refractivity contribution >= 4 is 17.7 Å². The molecular weight excluding hydrogens is 210 g/mol. The van der Waals surface area contributed by atoms with Gasteiger partial charge in [0.1, 0.15) is 6.07 Å². The summed E-state index contributed by atoms with van der Waals surface area (Å²) in [7, 11) is 0. The summed E-state index contributed by atoms with van der Waals surface area (Å²) in [5, 5.41) is 17.5. The van der Waals surface area contributed by atoms with Crippen molar-refractivity contribution in [3.63, 3.8) is 0 Å². The van der Waals surface area contributed by atoms with E-state index in [1.54, 1.807) is 30.0 Å². The maximum Gasteiger partial charge on any atom is 0.307 e. The van der Waals surface area contributed by atoms with Gasteiger partial charge >= 0.3 is 5.97 Å². The predicted octanol–water partition coefficient (Wildman–Crippen LogP) is 2.30. The van der Waals surface area contributed by atoms with E-state index in [2.05, 4.69) is 6.07 Å². The van der Waals surface area contributed by atoms with E-state index in [4.69, 9.17) is 10.4 Å². The quantitative estimate of drug-likeness (QED) is 0.792. The summed E-state index contributed by atoms with van der Waals surface area (Å²) in [5.74, 6) is 0.0118. The molecule has 0 unspecified atom stereocenters. The van der Waals surface area contributed by atoms with Gasteiger partial charge in [-0.05, 0) is 23.4 Å². The molecule has 15 heavy (non-hydrogen) atoms. The molecule has 0 spiro atoms. The number of nitriles is 1. The molecule has 0 radical (unpaired) electrons. The lowest BCUT2D eigenvalue weighted by atomic mass is 10.1. The third-order valence-corrected chi connectivity index (χ3v) is 2.76. The Morgan fingerprint density at radius 1 is 1.60 bits per heavy atom. The fourth-order valence-corrected chi connectivity index (χ4v) is 2.03. The number of nitrogens with zero attached hydrogens (tertiary/aromatic N) is 1. The first-order chi connectivity index (χ1) is 7.17. The van der Waals surface area contributed by atoms with E-state index in [0.717, 1.165) is 16.2 Å². The molecule has 0 fully saturated rings. The van der Waals surface area contributed by atoms with Crippen LogP contribution in [0.5, 0.6) is 0 Å². The minimum atomic E-state index is -0.854. The molecule has 1 aromatic carbocycles. The minimum Gasteiger partial charge on any atom is -0.481 e. The molecule has 4 heteroatoms. The highest BCUT2D eigenvalue weighted by atomic mass is 32.2. The molecule has 0 aromatic heterocycles. The van der Waals surface area contributed by atoms with E-state index in [-0.39, 0.29) is 6.42 Å². The first kappa shape index (κ1) is 11.6. The van der Waals surface area contributed by atoms with Crippen molar-refractivity contribution in [2.75, 3.05) is 5.75 Å². The Labute approximate surface area is 92.7 Å². The molecule has 0 atom stereocenters. The highest BCUT2D eigenvalue weighted by molar-refractivity contribution is 7.99. The summed E-state index contributed by atoms with van der Waals surface area (Å²) in [4.78, 5) is 11.4. The maximum absolute atomic E-state index is 10.5. The molecule has 0 heterocycles. The summed E-state index contributed by atoms with van der Waals surface area (Å²) < 4.78 is 0. The largest absolute Gasteiger partial charge is 0.481 e. The molecule has 0 amide bonds. The van der Waals surface area contributed by atoms with Gasteiger partial charge in [-0.3, -0.25) is 4.79 Å². The SMILES string of the molecule is CCSc1cc(CC(=O)O)ccc1C#N. The van der Waals surface area contributed by atoms with E-state index in [1.807, 2.05) is 6.92 Å². The van der Waals surface area contributed by atoms with Crippen molar-refractivity contribution in [3.8, 4) is 6.07 Å². The summed E-state index contributed by atoms with van der Waals surface area (Å²) in [6, 6.07) is 7.24. The Balaban J connectivity index is 3.00. The fraction of sp³-hybridized carbons (Fsp3) is 0.273. The summed E-state index contributed by atoms with van der Waals surface area (Å²) in [6.07, 6.45) is 0.00296. The third-order valence-electron chi connectivity index (χ3n) is 1.82. The normalized spacial score (nSPS) is 9.60. The number of thioether (sulfide) groups is 1. The lowest BCUT2D eigenvalue weighted by Gasteiger charge is -2.04. The van der Waals surface area contributed by atoms with Crippen LogP contribution in [0.4, 0.5) is 0 Å². The average Bonchev–Trinajstić information content (AvgIpc) is 2.18. The van der Waals surface area contributed by atoms with Crippen molar-refractivity contribution < 1.29 is 9.90 Å². The second-order valence-corrected chi connectivity index (χ2v) is 4.25. The summed E-state index contributed by atoms with van der Waals surface area (Å²) >= 11 is 1.55. The Morgan fingerprint density at radius 2 is 2.33 bits per heavy atom. The van der Waals surface area contributed by atoms with E-state index in [9.17, 15) is 4.79 Å². The predicted molar refractivity (Wildman–Crippen MR) is 58.9 cm³/mol. The number of hydrogen-bond acceptors (Lipinski definition) is 3. The van der Waals surface area contributed by atoms with Crippen molar-refractivity contribution in [1.29, 1.82) is 5.26 Å².